The fourth-order valence-electron chi connectivity index (χ4n) is 1.61. The van der Waals surface area contributed by atoms with Crippen LogP contribution in [-0.4, -0.2) is 0 Å². The zero-order valence-electron chi connectivity index (χ0n) is 9.92. The second-order valence-corrected chi connectivity index (χ2v) is 5.33. The van der Waals surface area contributed by atoms with E-state index in [1.807, 2.05) is 11.3 Å². The first-order valence-corrected chi connectivity index (χ1v) is 6.57. The van der Waals surface area contributed by atoms with Crippen LogP contribution in [-0.2, 0) is 6.42 Å². The first-order chi connectivity index (χ1) is 7.21. The van der Waals surface area contributed by atoms with E-state index in [-0.39, 0.29) is 0 Å². The van der Waals surface area contributed by atoms with Gasteiger partial charge in [0.15, 0.2) is 0 Å². The number of thiophene rings is 1. The summed E-state index contributed by atoms with van der Waals surface area (Å²) in [6.07, 6.45) is 3.45. The maximum absolute atomic E-state index is 5.62. The molecule has 1 rings (SSSR count). The minimum Gasteiger partial charge on any atom is -0.271 e. The maximum Gasteiger partial charge on any atom is 0.0555 e. The zero-order valence-corrected chi connectivity index (χ0v) is 10.7. The summed E-state index contributed by atoms with van der Waals surface area (Å²) in [4.78, 5) is 2.81. The van der Waals surface area contributed by atoms with Gasteiger partial charge in [-0.1, -0.05) is 27.2 Å². The molecule has 1 heterocycles. The Bertz CT molecular complexity index is 283. The molecule has 2 nitrogen and oxygen atoms in total. The summed E-state index contributed by atoms with van der Waals surface area (Å²) in [5.41, 5.74) is 2.93. The van der Waals surface area contributed by atoms with Crippen LogP contribution in [0.5, 0.6) is 0 Å². The largest absolute Gasteiger partial charge is 0.271 e. The highest BCUT2D eigenvalue weighted by Crippen LogP contribution is 2.28. The summed E-state index contributed by atoms with van der Waals surface area (Å²) in [6, 6.07) is 4.74. The van der Waals surface area contributed by atoms with Crippen molar-refractivity contribution in [3.63, 3.8) is 0 Å². The van der Waals surface area contributed by atoms with Gasteiger partial charge in [-0.05, 0) is 30.9 Å². The van der Waals surface area contributed by atoms with Crippen molar-refractivity contribution in [1.29, 1.82) is 0 Å². The molecular formula is C12H22N2S. The average molecular weight is 226 g/mol. The molecule has 0 saturated heterocycles. The van der Waals surface area contributed by atoms with E-state index >= 15 is 0 Å². The van der Waals surface area contributed by atoms with E-state index in [0.717, 1.165) is 18.8 Å². The molecule has 0 aliphatic rings. The highest BCUT2D eigenvalue weighted by molar-refractivity contribution is 7.12. The van der Waals surface area contributed by atoms with Crippen molar-refractivity contribution in [2.24, 2.45) is 11.8 Å². The van der Waals surface area contributed by atoms with E-state index in [0.29, 0.717) is 6.04 Å². The minimum atomic E-state index is 0.324. The molecule has 3 N–H and O–H groups in total. The fraction of sp³-hybridized carbons (Fsp3) is 0.667. The van der Waals surface area contributed by atoms with E-state index in [9.17, 15) is 0 Å². The van der Waals surface area contributed by atoms with Crippen LogP contribution in [0.15, 0.2) is 12.1 Å². The molecule has 2 unspecified atom stereocenters. The number of hydrogen-bond donors (Lipinski definition) is 2. The number of nitrogens with one attached hydrogen (secondary N) is 1. The Morgan fingerprint density at radius 3 is 2.60 bits per heavy atom. The normalized spacial score (nSPS) is 15.2. The van der Waals surface area contributed by atoms with Crippen LogP contribution in [0.4, 0.5) is 0 Å². The Morgan fingerprint density at radius 2 is 2.13 bits per heavy atom. The van der Waals surface area contributed by atoms with Crippen LogP contribution in [0.25, 0.3) is 0 Å². The van der Waals surface area contributed by atoms with Crippen LogP contribution in [0.2, 0.25) is 0 Å². The van der Waals surface area contributed by atoms with Crippen molar-refractivity contribution < 1.29 is 0 Å². The summed E-state index contributed by atoms with van der Waals surface area (Å²) in [7, 11) is 0. The van der Waals surface area contributed by atoms with Crippen molar-refractivity contribution in [2.45, 2.75) is 46.1 Å². The van der Waals surface area contributed by atoms with E-state index in [4.69, 9.17) is 5.84 Å². The Balaban J connectivity index is 2.65. The fourth-order valence-corrected chi connectivity index (χ4v) is 2.63. The molecule has 0 saturated carbocycles. The van der Waals surface area contributed by atoms with Crippen molar-refractivity contribution in [3.05, 3.63) is 21.9 Å². The van der Waals surface area contributed by atoms with Gasteiger partial charge in [-0.3, -0.25) is 11.3 Å². The predicted octanol–water partition coefficient (Wildman–Crippen LogP) is 3.25. The van der Waals surface area contributed by atoms with Crippen LogP contribution >= 0.6 is 11.3 Å². The SMILES string of the molecule is CCc1ccc(C(CC(C)CC)NN)s1. The molecular weight excluding hydrogens is 204 g/mol. The van der Waals surface area contributed by atoms with Crippen LogP contribution in [0.1, 0.15) is 49.4 Å². The highest BCUT2D eigenvalue weighted by atomic mass is 32.1. The molecule has 0 spiro atoms. The molecule has 0 fully saturated rings. The van der Waals surface area contributed by atoms with Gasteiger partial charge in [0.05, 0.1) is 6.04 Å². The lowest BCUT2D eigenvalue weighted by atomic mass is 9.99. The lowest BCUT2D eigenvalue weighted by molar-refractivity contribution is 0.412. The summed E-state index contributed by atoms with van der Waals surface area (Å²) < 4.78 is 0. The van der Waals surface area contributed by atoms with Gasteiger partial charge in [0.2, 0.25) is 0 Å². The predicted molar refractivity (Wildman–Crippen MR) is 67.8 cm³/mol. The number of aryl methyl sites for hydroxylation is 1. The monoisotopic (exact) mass is 226 g/mol. The first-order valence-electron chi connectivity index (χ1n) is 5.75. The molecule has 1 aromatic heterocycles. The zero-order chi connectivity index (χ0) is 11.3. The molecule has 86 valence electrons. The number of hydrazine groups is 1. The third-order valence-electron chi connectivity index (χ3n) is 2.91. The molecule has 1 aromatic rings. The van der Waals surface area contributed by atoms with Crippen molar-refractivity contribution in [2.75, 3.05) is 0 Å². The standard InChI is InChI=1S/C12H22N2S/c1-4-9(3)8-11(14-13)12-7-6-10(5-2)15-12/h6-7,9,11,14H,4-5,8,13H2,1-3H3. The van der Waals surface area contributed by atoms with Gasteiger partial charge in [0.1, 0.15) is 0 Å². The molecule has 0 bridgehead atoms. The van der Waals surface area contributed by atoms with Crippen LogP contribution < -0.4 is 11.3 Å². The quantitative estimate of drug-likeness (QED) is 0.577. The topological polar surface area (TPSA) is 38.0 Å². The van der Waals surface area contributed by atoms with Crippen molar-refractivity contribution in [1.82, 2.24) is 5.43 Å². The maximum atomic E-state index is 5.62. The molecule has 3 heteroatoms. The van der Waals surface area contributed by atoms with E-state index in [1.165, 1.54) is 16.2 Å². The third kappa shape index (κ3) is 3.59. The number of nitrogens with two attached hydrogens (primary N) is 1. The molecule has 0 aromatic carbocycles. The molecule has 15 heavy (non-hydrogen) atoms. The Hall–Kier alpha value is -0.380. The second-order valence-electron chi connectivity index (χ2n) is 4.13. The summed E-state index contributed by atoms with van der Waals surface area (Å²) in [5.74, 6) is 6.34. The van der Waals surface area contributed by atoms with Gasteiger partial charge in [-0.25, -0.2) is 0 Å². The Morgan fingerprint density at radius 1 is 1.40 bits per heavy atom. The average Bonchev–Trinajstić information content (AvgIpc) is 2.73. The first kappa shape index (κ1) is 12.7. The lowest BCUT2D eigenvalue weighted by Gasteiger charge is -2.17. The van der Waals surface area contributed by atoms with E-state index < -0.39 is 0 Å². The minimum absolute atomic E-state index is 0.324. The van der Waals surface area contributed by atoms with Crippen molar-refractivity contribution in [3.8, 4) is 0 Å². The Labute approximate surface area is 96.9 Å². The van der Waals surface area contributed by atoms with Gasteiger partial charge in [0, 0.05) is 9.75 Å². The van der Waals surface area contributed by atoms with Crippen LogP contribution in [0, 0.1) is 5.92 Å². The van der Waals surface area contributed by atoms with E-state index in [2.05, 4.69) is 38.3 Å². The smallest absolute Gasteiger partial charge is 0.0555 e. The van der Waals surface area contributed by atoms with Crippen LogP contribution in [0.3, 0.4) is 0 Å². The van der Waals surface area contributed by atoms with Gasteiger partial charge in [0.25, 0.3) is 0 Å². The summed E-state index contributed by atoms with van der Waals surface area (Å²) >= 11 is 1.88. The molecule has 2 atom stereocenters. The molecule has 0 amide bonds. The Kier molecular flexibility index (Phi) is 5.29. The lowest BCUT2D eigenvalue weighted by Crippen LogP contribution is -2.28. The summed E-state index contributed by atoms with van der Waals surface area (Å²) in [6.45, 7) is 6.69. The van der Waals surface area contributed by atoms with Gasteiger partial charge in [-0.2, -0.15) is 0 Å². The third-order valence-corrected chi connectivity index (χ3v) is 4.25. The molecule has 0 aliphatic carbocycles. The number of rotatable bonds is 6. The molecule has 0 aliphatic heterocycles. The summed E-state index contributed by atoms with van der Waals surface area (Å²) in [5, 5.41) is 0. The van der Waals surface area contributed by atoms with Gasteiger partial charge in [-0.15, -0.1) is 11.3 Å². The second kappa shape index (κ2) is 6.26. The number of hydrogen-bond acceptors (Lipinski definition) is 3. The van der Waals surface area contributed by atoms with Crippen molar-refractivity contribution >= 4 is 11.3 Å². The molecule has 0 radical (unpaired) electrons. The van der Waals surface area contributed by atoms with Gasteiger partial charge >= 0.3 is 0 Å². The van der Waals surface area contributed by atoms with Gasteiger partial charge < -0.3 is 0 Å². The van der Waals surface area contributed by atoms with E-state index in [1.54, 1.807) is 0 Å². The highest BCUT2D eigenvalue weighted by Gasteiger charge is 2.14.